The highest BCUT2D eigenvalue weighted by Gasteiger charge is 2.16. The third-order valence-electron chi connectivity index (χ3n) is 2.71. The van der Waals surface area contributed by atoms with E-state index < -0.39 is 0 Å². The lowest BCUT2D eigenvalue weighted by molar-refractivity contribution is 0.909. The molecule has 0 saturated heterocycles. The molecule has 1 rings (SSSR count). The van der Waals surface area contributed by atoms with Crippen molar-refractivity contribution in [2.24, 2.45) is 0 Å². The van der Waals surface area contributed by atoms with Gasteiger partial charge in [-0.25, -0.2) is 0 Å². The third-order valence-corrected chi connectivity index (χ3v) is 2.71. The van der Waals surface area contributed by atoms with Crippen molar-refractivity contribution in [2.45, 2.75) is 40.0 Å². The third kappa shape index (κ3) is 2.06. The summed E-state index contributed by atoms with van der Waals surface area (Å²) in [5.41, 5.74) is 5.86. The summed E-state index contributed by atoms with van der Waals surface area (Å²) < 4.78 is 0. The van der Waals surface area contributed by atoms with Crippen LogP contribution in [0.1, 0.15) is 40.0 Å². The first kappa shape index (κ1) is 11.0. The summed E-state index contributed by atoms with van der Waals surface area (Å²) in [6.45, 7) is 10.5. The van der Waals surface area contributed by atoms with Crippen LogP contribution in [0.5, 0.6) is 0 Å². The fraction of sp³-hybridized carbons (Fsp3) is 0.429. The zero-order valence-electron chi connectivity index (χ0n) is 9.56. The number of hydrogen-bond acceptors (Lipinski definition) is 0. The lowest BCUT2D eigenvalue weighted by Gasteiger charge is -2.04. The quantitative estimate of drug-likeness (QED) is 0.606. The van der Waals surface area contributed by atoms with Crippen molar-refractivity contribution in [3.05, 3.63) is 47.1 Å². The Morgan fingerprint density at radius 2 is 2.14 bits per heavy atom. The Morgan fingerprint density at radius 1 is 1.43 bits per heavy atom. The van der Waals surface area contributed by atoms with Crippen LogP contribution in [0.25, 0.3) is 0 Å². The highest BCUT2D eigenvalue weighted by atomic mass is 14.2. The Balaban J connectivity index is 3.01. The van der Waals surface area contributed by atoms with Gasteiger partial charge < -0.3 is 0 Å². The summed E-state index contributed by atoms with van der Waals surface area (Å²) in [6.07, 6.45) is 9.85. The van der Waals surface area contributed by atoms with E-state index in [-0.39, 0.29) is 0 Å². The van der Waals surface area contributed by atoms with Gasteiger partial charge >= 0.3 is 0 Å². The number of allylic oxidation sites excluding steroid dienone is 7. The zero-order valence-corrected chi connectivity index (χ0v) is 9.56. The Morgan fingerprint density at radius 3 is 2.64 bits per heavy atom. The van der Waals surface area contributed by atoms with Crippen molar-refractivity contribution in [1.29, 1.82) is 0 Å². The molecule has 0 atom stereocenters. The van der Waals surface area contributed by atoms with Gasteiger partial charge in [-0.3, -0.25) is 0 Å². The molecule has 0 heteroatoms. The fourth-order valence-electron chi connectivity index (χ4n) is 2.11. The Labute approximate surface area is 87.7 Å². The average molecular weight is 188 g/mol. The smallest absolute Gasteiger partial charge is 0.00579 e. The van der Waals surface area contributed by atoms with Gasteiger partial charge in [-0.1, -0.05) is 43.7 Å². The Hall–Kier alpha value is -1.04. The molecule has 0 N–H and O–H groups in total. The molecule has 0 saturated carbocycles. The first-order chi connectivity index (χ1) is 6.74. The van der Waals surface area contributed by atoms with Crippen LogP contribution in [0.4, 0.5) is 0 Å². The minimum atomic E-state index is 1.11. The summed E-state index contributed by atoms with van der Waals surface area (Å²) in [4.78, 5) is 0. The number of hydrogen-bond donors (Lipinski definition) is 0. The maximum absolute atomic E-state index is 3.92. The van der Waals surface area contributed by atoms with Gasteiger partial charge in [0, 0.05) is 0 Å². The Kier molecular flexibility index (Phi) is 3.94. The SMILES string of the molecule is C=CC1=C(/C=C\C)CC(C)=C1CCC. The van der Waals surface area contributed by atoms with Crippen LogP contribution in [0.3, 0.4) is 0 Å². The number of rotatable bonds is 4. The van der Waals surface area contributed by atoms with E-state index in [0.717, 1.165) is 6.42 Å². The van der Waals surface area contributed by atoms with Gasteiger partial charge in [0.25, 0.3) is 0 Å². The summed E-state index contributed by atoms with van der Waals surface area (Å²) in [5, 5.41) is 0. The van der Waals surface area contributed by atoms with Crippen LogP contribution < -0.4 is 0 Å². The fourth-order valence-corrected chi connectivity index (χ4v) is 2.11. The second-order valence-corrected chi connectivity index (χ2v) is 3.83. The van der Waals surface area contributed by atoms with Gasteiger partial charge in [0.05, 0.1) is 0 Å². The lowest BCUT2D eigenvalue weighted by Crippen LogP contribution is -1.85. The molecule has 0 heterocycles. The molecule has 0 aromatic heterocycles. The van der Waals surface area contributed by atoms with Gasteiger partial charge in [0.1, 0.15) is 0 Å². The van der Waals surface area contributed by atoms with Crippen molar-refractivity contribution >= 4 is 0 Å². The van der Waals surface area contributed by atoms with E-state index in [1.165, 1.54) is 35.1 Å². The Bertz CT molecular complexity index is 311. The van der Waals surface area contributed by atoms with Crippen LogP contribution in [-0.2, 0) is 0 Å². The van der Waals surface area contributed by atoms with E-state index in [1.807, 2.05) is 6.08 Å². The topological polar surface area (TPSA) is 0 Å². The van der Waals surface area contributed by atoms with Gasteiger partial charge in [-0.2, -0.15) is 0 Å². The van der Waals surface area contributed by atoms with Crippen molar-refractivity contribution < 1.29 is 0 Å². The molecular formula is C14H20. The van der Waals surface area contributed by atoms with E-state index in [9.17, 15) is 0 Å². The molecule has 0 spiro atoms. The molecule has 14 heavy (non-hydrogen) atoms. The second-order valence-electron chi connectivity index (χ2n) is 3.83. The maximum atomic E-state index is 3.92. The van der Waals surface area contributed by atoms with E-state index >= 15 is 0 Å². The molecule has 76 valence electrons. The first-order valence-electron chi connectivity index (χ1n) is 5.41. The molecular weight excluding hydrogens is 168 g/mol. The van der Waals surface area contributed by atoms with Crippen LogP contribution in [0.15, 0.2) is 47.1 Å². The molecule has 0 aromatic carbocycles. The second kappa shape index (κ2) is 4.99. The van der Waals surface area contributed by atoms with Crippen molar-refractivity contribution in [3.8, 4) is 0 Å². The summed E-state index contributed by atoms with van der Waals surface area (Å²) >= 11 is 0. The van der Waals surface area contributed by atoms with Crippen LogP contribution in [0.2, 0.25) is 0 Å². The molecule has 0 fully saturated rings. The van der Waals surface area contributed by atoms with Crippen LogP contribution >= 0.6 is 0 Å². The normalized spacial score (nSPS) is 17.4. The lowest BCUT2D eigenvalue weighted by atomic mass is 10.0. The standard InChI is InChI=1S/C14H20/c1-5-8-12-10-11(4)14(9-6-2)13(12)7-3/h5,7-8H,3,6,9-10H2,1-2,4H3/b8-5-. The maximum Gasteiger partial charge on any atom is -0.00579 e. The van der Waals surface area contributed by atoms with E-state index in [4.69, 9.17) is 0 Å². The summed E-state index contributed by atoms with van der Waals surface area (Å²) in [6, 6.07) is 0. The largest absolute Gasteiger partial charge is 0.0984 e. The van der Waals surface area contributed by atoms with Crippen molar-refractivity contribution in [1.82, 2.24) is 0 Å². The molecule has 0 bridgehead atoms. The summed E-state index contributed by atoms with van der Waals surface area (Å²) in [7, 11) is 0. The van der Waals surface area contributed by atoms with Crippen LogP contribution in [-0.4, -0.2) is 0 Å². The molecule has 0 amide bonds. The highest BCUT2D eigenvalue weighted by molar-refractivity contribution is 5.55. The molecule has 1 aliphatic carbocycles. The molecule has 0 radical (unpaired) electrons. The van der Waals surface area contributed by atoms with Crippen molar-refractivity contribution in [3.63, 3.8) is 0 Å². The monoisotopic (exact) mass is 188 g/mol. The predicted molar refractivity (Wildman–Crippen MR) is 64.3 cm³/mol. The minimum absolute atomic E-state index is 1.11. The van der Waals surface area contributed by atoms with Gasteiger partial charge in [0.15, 0.2) is 0 Å². The zero-order chi connectivity index (χ0) is 10.6. The van der Waals surface area contributed by atoms with E-state index in [2.05, 4.69) is 39.5 Å². The highest BCUT2D eigenvalue weighted by Crippen LogP contribution is 2.35. The van der Waals surface area contributed by atoms with Crippen molar-refractivity contribution in [2.75, 3.05) is 0 Å². The van der Waals surface area contributed by atoms with E-state index in [0.29, 0.717) is 0 Å². The first-order valence-corrected chi connectivity index (χ1v) is 5.41. The molecule has 0 aromatic rings. The van der Waals surface area contributed by atoms with E-state index in [1.54, 1.807) is 0 Å². The minimum Gasteiger partial charge on any atom is -0.0984 e. The van der Waals surface area contributed by atoms with Crippen LogP contribution in [0, 0.1) is 0 Å². The van der Waals surface area contributed by atoms with Gasteiger partial charge in [-0.05, 0) is 43.4 Å². The predicted octanol–water partition coefficient (Wildman–Crippen LogP) is 4.57. The van der Waals surface area contributed by atoms with Gasteiger partial charge in [-0.15, -0.1) is 0 Å². The average Bonchev–Trinajstić information content (AvgIpc) is 2.44. The summed E-state index contributed by atoms with van der Waals surface area (Å²) in [5.74, 6) is 0. The molecule has 0 nitrogen and oxygen atoms in total. The van der Waals surface area contributed by atoms with Gasteiger partial charge in [0.2, 0.25) is 0 Å². The molecule has 1 aliphatic rings. The molecule has 0 aliphatic heterocycles. The molecule has 0 unspecified atom stereocenters.